The van der Waals surface area contributed by atoms with E-state index >= 15 is 0 Å². The SMILES string of the molecule is CCOc1cc(C=Nn2c(=O)[nH]c3ccccc3c2=O)c(Br)c(Cl)c1OCC(=O)O. The molecule has 11 heteroatoms. The largest absolute Gasteiger partial charge is 0.490 e. The number of carbonyl (C=O) groups is 1. The fraction of sp³-hybridized carbons (Fsp3) is 0.158. The first-order valence-electron chi connectivity index (χ1n) is 8.61. The molecular formula is C19H15BrClN3O6. The van der Waals surface area contributed by atoms with Crippen molar-refractivity contribution in [2.45, 2.75) is 6.92 Å². The fourth-order valence-corrected chi connectivity index (χ4v) is 3.26. The van der Waals surface area contributed by atoms with E-state index in [2.05, 4.69) is 26.0 Å². The number of hydrogen-bond donors (Lipinski definition) is 2. The van der Waals surface area contributed by atoms with E-state index in [1.807, 2.05) is 0 Å². The Kier molecular flexibility index (Phi) is 6.58. The molecule has 2 N–H and O–H groups in total. The molecule has 1 aromatic heterocycles. The van der Waals surface area contributed by atoms with Gasteiger partial charge in [-0.15, -0.1) is 4.68 Å². The molecule has 2 aromatic carbocycles. The van der Waals surface area contributed by atoms with Gasteiger partial charge in [0.25, 0.3) is 5.56 Å². The summed E-state index contributed by atoms with van der Waals surface area (Å²) in [6.45, 7) is 1.39. The number of fused-ring (bicyclic) bond motifs is 1. The van der Waals surface area contributed by atoms with Gasteiger partial charge in [-0.2, -0.15) is 5.10 Å². The molecule has 0 saturated heterocycles. The van der Waals surface area contributed by atoms with Gasteiger partial charge in [-0.1, -0.05) is 23.7 Å². The lowest BCUT2D eigenvalue weighted by Gasteiger charge is -2.15. The van der Waals surface area contributed by atoms with Crippen molar-refractivity contribution >= 4 is 50.6 Å². The fourth-order valence-electron chi connectivity index (χ4n) is 2.61. The summed E-state index contributed by atoms with van der Waals surface area (Å²) in [5.41, 5.74) is -0.504. The van der Waals surface area contributed by atoms with Crippen molar-refractivity contribution in [2.75, 3.05) is 13.2 Å². The summed E-state index contributed by atoms with van der Waals surface area (Å²) in [4.78, 5) is 38.2. The first kappa shape index (κ1) is 21.6. The summed E-state index contributed by atoms with van der Waals surface area (Å²) in [5.74, 6) is -0.941. The Hall–Kier alpha value is -3.11. The minimum Gasteiger partial charge on any atom is -0.490 e. The van der Waals surface area contributed by atoms with E-state index < -0.39 is 23.8 Å². The number of carboxylic acid groups (broad SMARTS) is 1. The van der Waals surface area contributed by atoms with Crippen LogP contribution in [0.5, 0.6) is 11.5 Å². The van der Waals surface area contributed by atoms with Gasteiger partial charge >= 0.3 is 11.7 Å². The zero-order valence-corrected chi connectivity index (χ0v) is 17.9. The van der Waals surface area contributed by atoms with E-state index in [1.54, 1.807) is 31.2 Å². The maximum absolute atomic E-state index is 12.6. The molecule has 0 spiro atoms. The first-order chi connectivity index (χ1) is 14.3. The van der Waals surface area contributed by atoms with Gasteiger partial charge in [0, 0.05) is 10.0 Å². The number of rotatable bonds is 7. The zero-order chi connectivity index (χ0) is 21.8. The molecular weight excluding hydrogens is 482 g/mol. The van der Waals surface area contributed by atoms with Crippen LogP contribution in [-0.4, -0.2) is 40.2 Å². The predicted molar refractivity (Wildman–Crippen MR) is 115 cm³/mol. The number of halogens is 2. The van der Waals surface area contributed by atoms with Gasteiger partial charge in [-0.25, -0.2) is 9.59 Å². The van der Waals surface area contributed by atoms with Gasteiger partial charge in [0.2, 0.25) is 0 Å². The lowest BCUT2D eigenvalue weighted by atomic mass is 10.2. The van der Waals surface area contributed by atoms with Crippen molar-refractivity contribution in [3.63, 3.8) is 0 Å². The summed E-state index contributed by atoms with van der Waals surface area (Å²) in [6.07, 6.45) is 1.25. The molecule has 3 aromatic rings. The van der Waals surface area contributed by atoms with Gasteiger partial charge in [0.05, 0.1) is 23.7 Å². The second-order valence-corrected chi connectivity index (χ2v) is 7.04. The van der Waals surface area contributed by atoms with Crippen LogP contribution >= 0.6 is 27.5 Å². The number of nitrogens with one attached hydrogen (secondary N) is 1. The number of aromatic amines is 1. The van der Waals surface area contributed by atoms with Crippen LogP contribution in [0.1, 0.15) is 12.5 Å². The highest BCUT2D eigenvalue weighted by Crippen LogP contribution is 2.42. The minimum atomic E-state index is -1.18. The van der Waals surface area contributed by atoms with Gasteiger partial charge in [-0.3, -0.25) is 4.79 Å². The van der Waals surface area contributed by atoms with Gasteiger partial charge < -0.3 is 19.6 Å². The van der Waals surface area contributed by atoms with Crippen LogP contribution in [-0.2, 0) is 4.79 Å². The summed E-state index contributed by atoms with van der Waals surface area (Å²) in [5, 5.41) is 13.2. The molecule has 1 heterocycles. The molecule has 0 bridgehead atoms. The molecule has 0 saturated carbocycles. The highest BCUT2D eigenvalue weighted by molar-refractivity contribution is 9.10. The summed E-state index contributed by atoms with van der Waals surface area (Å²) in [7, 11) is 0. The quantitative estimate of drug-likeness (QED) is 0.485. The van der Waals surface area contributed by atoms with E-state index in [0.717, 1.165) is 0 Å². The smallest absolute Gasteiger partial charge is 0.349 e. The molecule has 0 unspecified atom stereocenters. The molecule has 0 atom stereocenters. The molecule has 30 heavy (non-hydrogen) atoms. The van der Waals surface area contributed by atoms with Crippen LogP contribution in [0.3, 0.4) is 0 Å². The summed E-state index contributed by atoms with van der Waals surface area (Å²) >= 11 is 9.60. The normalized spacial score (nSPS) is 11.2. The Labute approximate surface area is 182 Å². The average molecular weight is 497 g/mol. The number of ether oxygens (including phenoxy) is 2. The second-order valence-electron chi connectivity index (χ2n) is 5.87. The van der Waals surface area contributed by atoms with Crippen LogP contribution in [0, 0.1) is 0 Å². The van der Waals surface area contributed by atoms with Crippen molar-refractivity contribution in [3.8, 4) is 11.5 Å². The van der Waals surface area contributed by atoms with Gasteiger partial charge in [0.15, 0.2) is 18.1 Å². The molecule has 0 amide bonds. The standard InChI is InChI=1S/C19H15BrClN3O6/c1-2-29-13-7-10(15(20)16(21)17(13)30-9-14(25)26)8-22-24-18(27)11-5-3-4-6-12(11)23-19(24)28/h3-8H,2,9H2,1H3,(H,23,28)(H,25,26). The molecule has 0 aliphatic carbocycles. The van der Waals surface area contributed by atoms with Crippen molar-refractivity contribution in [2.24, 2.45) is 5.10 Å². The van der Waals surface area contributed by atoms with Crippen LogP contribution in [0.4, 0.5) is 0 Å². The Morgan fingerprint density at radius 1 is 1.33 bits per heavy atom. The number of carboxylic acids is 1. The minimum absolute atomic E-state index is 0.0469. The number of nitrogens with zero attached hydrogens (tertiary/aromatic N) is 2. The molecule has 0 radical (unpaired) electrons. The molecule has 0 aliphatic rings. The molecule has 156 valence electrons. The number of H-pyrrole nitrogens is 1. The van der Waals surface area contributed by atoms with Crippen LogP contribution in [0.15, 0.2) is 49.5 Å². The number of benzene rings is 2. The first-order valence-corrected chi connectivity index (χ1v) is 9.78. The van der Waals surface area contributed by atoms with Crippen LogP contribution < -0.4 is 20.7 Å². The van der Waals surface area contributed by atoms with Crippen molar-refractivity contribution in [1.29, 1.82) is 0 Å². The monoisotopic (exact) mass is 495 g/mol. The number of hydrogen-bond acceptors (Lipinski definition) is 6. The Balaban J connectivity index is 2.08. The third-order valence-corrected chi connectivity index (χ3v) is 5.34. The van der Waals surface area contributed by atoms with E-state index in [1.165, 1.54) is 12.3 Å². The van der Waals surface area contributed by atoms with E-state index in [0.29, 0.717) is 25.6 Å². The van der Waals surface area contributed by atoms with Crippen molar-refractivity contribution < 1.29 is 19.4 Å². The van der Waals surface area contributed by atoms with E-state index in [9.17, 15) is 14.4 Å². The third kappa shape index (κ3) is 4.39. The summed E-state index contributed by atoms with van der Waals surface area (Å²) in [6, 6.07) is 8.08. The molecule has 3 rings (SSSR count). The summed E-state index contributed by atoms with van der Waals surface area (Å²) < 4.78 is 11.7. The number of aromatic nitrogens is 2. The van der Waals surface area contributed by atoms with E-state index in [-0.39, 0.29) is 23.1 Å². The Morgan fingerprint density at radius 3 is 2.77 bits per heavy atom. The predicted octanol–water partition coefficient (Wildman–Crippen LogP) is 2.85. The number of para-hydroxylation sites is 1. The topological polar surface area (TPSA) is 123 Å². The van der Waals surface area contributed by atoms with Crippen molar-refractivity contribution in [1.82, 2.24) is 9.66 Å². The lowest BCUT2D eigenvalue weighted by Crippen LogP contribution is -2.32. The van der Waals surface area contributed by atoms with Gasteiger partial charge in [-0.05, 0) is 41.1 Å². The maximum atomic E-state index is 12.6. The Morgan fingerprint density at radius 2 is 2.07 bits per heavy atom. The third-order valence-electron chi connectivity index (χ3n) is 3.89. The highest BCUT2D eigenvalue weighted by Gasteiger charge is 2.18. The van der Waals surface area contributed by atoms with Crippen LogP contribution in [0.2, 0.25) is 5.02 Å². The average Bonchev–Trinajstić information content (AvgIpc) is 2.71. The second kappa shape index (κ2) is 9.14. The Bertz CT molecular complexity index is 1270. The van der Waals surface area contributed by atoms with Gasteiger partial charge in [0.1, 0.15) is 5.02 Å². The maximum Gasteiger partial charge on any atom is 0.349 e. The molecule has 0 aliphatic heterocycles. The molecule has 9 nitrogen and oxygen atoms in total. The highest BCUT2D eigenvalue weighted by atomic mass is 79.9. The zero-order valence-electron chi connectivity index (χ0n) is 15.5. The van der Waals surface area contributed by atoms with E-state index in [4.69, 9.17) is 26.2 Å². The lowest BCUT2D eigenvalue weighted by molar-refractivity contribution is -0.139. The van der Waals surface area contributed by atoms with Crippen molar-refractivity contribution in [3.05, 3.63) is 66.2 Å². The number of aliphatic carboxylic acids is 1. The van der Waals surface area contributed by atoms with Crippen LogP contribution in [0.25, 0.3) is 10.9 Å². The molecule has 0 fully saturated rings.